The zero-order chi connectivity index (χ0) is 13.2. The molecule has 0 spiro atoms. The molecule has 18 heavy (non-hydrogen) atoms. The molecule has 1 N–H and O–H groups in total. The first-order chi connectivity index (χ1) is 8.52. The average molecular weight is 317 g/mol. The Bertz CT molecular complexity index is 424. The molecule has 0 saturated heterocycles. The fourth-order valence-corrected chi connectivity index (χ4v) is 3.16. The van der Waals surface area contributed by atoms with Crippen LogP contribution in [0.25, 0.3) is 0 Å². The van der Waals surface area contributed by atoms with Crippen molar-refractivity contribution in [2.24, 2.45) is 0 Å². The standard InChI is InChI=1S/C14H18BrFO2/c1-18-12-3-2-6-14(17,9-12)8-10-4-5-11(16)7-13(10)15/h4-5,7,12,17H,2-3,6,8-9H2,1H3. The summed E-state index contributed by atoms with van der Waals surface area (Å²) in [5, 5.41) is 10.6. The maximum absolute atomic E-state index is 13.0. The molecule has 2 nitrogen and oxygen atoms in total. The molecule has 1 aliphatic rings. The zero-order valence-corrected chi connectivity index (χ0v) is 12.0. The first kappa shape index (κ1) is 14.0. The van der Waals surface area contributed by atoms with Gasteiger partial charge in [-0.3, -0.25) is 0 Å². The minimum absolute atomic E-state index is 0.128. The van der Waals surface area contributed by atoms with Gasteiger partial charge in [-0.05, 0) is 37.0 Å². The third-order valence-electron chi connectivity index (χ3n) is 3.64. The SMILES string of the molecule is COC1CCCC(O)(Cc2ccc(F)cc2Br)C1. The van der Waals surface area contributed by atoms with E-state index in [0.717, 1.165) is 29.3 Å². The van der Waals surface area contributed by atoms with Crippen LogP contribution in [0, 0.1) is 5.82 Å². The lowest BCUT2D eigenvalue weighted by molar-refractivity contribution is -0.0582. The number of halogens is 2. The minimum Gasteiger partial charge on any atom is -0.389 e. The molecule has 0 heterocycles. The number of methoxy groups -OCH3 is 1. The van der Waals surface area contributed by atoms with Gasteiger partial charge in [-0.1, -0.05) is 22.0 Å². The first-order valence-electron chi connectivity index (χ1n) is 6.21. The van der Waals surface area contributed by atoms with E-state index in [4.69, 9.17) is 4.74 Å². The van der Waals surface area contributed by atoms with E-state index in [1.54, 1.807) is 13.2 Å². The molecule has 1 fully saturated rings. The molecule has 0 radical (unpaired) electrons. The Morgan fingerprint density at radius 1 is 1.56 bits per heavy atom. The summed E-state index contributed by atoms with van der Waals surface area (Å²) in [6, 6.07) is 4.60. The Labute approximate surface area is 115 Å². The second kappa shape index (κ2) is 5.68. The van der Waals surface area contributed by atoms with E-state index < -0.39 is 5.60 Å². The topological polar surface area (TPSA) is 29.5 Å². The highest BCUT2D eigenvalue weighted by molar-refractivity contribution is 9.10. The summed E-state index contributed by atoms with van der Waals surface area (Å²) in [6.45, 7) is 0. The maximum atomic E-state index is 13.0. The maximum Gasteiger partial charge on any atom is 0.124 e. The molecule has 0 aliphatic heterocycles. The summed E-state index contributed by atoms with van der Waals surface area (Å²) in [5.74, 6) is -0.268. The van der Waals surface area contributed by atoms with E-state index in [0.29, 0.717) is 12.8 Å². The molecule has 1 saturated carbocycles. The second-order valence-electron chi connectivity index (χ2n) is 5.09. The van der Waals surface area contributed by atoms with E-state index >= 15 is 0 Å². The van der Waals surface area contributed by atoms with Crippen molar-refractivity contribution in [1.82, 2.24) is 0 Å². The molecular formula is C14H18BrFO2. The highest BCUT2D eigenvalue weighted by Gasteiger charge is 2.34. The van der Waals surface area contributed by atoms with Crippen molar-refractivity contribution in [1.29, 1.82) is 0 Å². The van der Waals surface area contributed by atoms with Crippen LogP contribution in [0.2, 0.25) is 0 Å². The van der Waals surface area contributed by atoms with Crippen molar-refractivity contribution in [3.05, 3.63) is 34.1 Å². The molecule has 2 rings (SSSR count). The molecule has 0 bridgehead atoms. The van der Waals surface area contributed by atoms with E-state index in [-0.39, 0.29) is 11.9 Å². The van der Waals surface area contributed by atoms with Crippen molar-refractivity contribution in [2.45, 2.75) is 43.8 Å². The van der Waals surface area contributed by atoms with Gasteiger partial charge in [-0.2, -0.15) is 0 Å². The number of hydrogen-bond donors (Lipinski definition) is 1. The number of hydrogen-bond acceptors (Lipinski definition) is 2. The zero-order valence-electron chi connectivity index (χ0n) is 10.5. The number of aliphatic hydroxyl groups is 1. The van der Waals surface area contributed by atoms with Gasteiger partial charge in [0.15, 0.2) is 0 Å². The minimum atomic E-state index is -0.737. The lowest BCUT2D eigenvalue weighted by Crippen LogP contribution is -2.40. The second-order valence-corrected chi connectivity index (χ2v) is 5.95. The Balaban J connectivity index is 2.11. The van der Waals surface area contributed by atoms with Crippen LogP contribution in [-0.4, -0.2) is 23.9 Å². The molecule has 100 valence electrons. The van der Waals surface area contributed by atoms with Gasteiger partial charge < -0.3 is 9.84 Å². The van der Waals surface area contributed by atoms with Crippen molar-refractivity contribution in [2.75, 3.05) is 7.11 Å². The van der Waals surface area contributed by atoms with Crippen molar-refractivity contribution in [3.63, 3.8) is 0 Å². The van der Waals surface area contributed by atoms with E-state index in [9.17, 15) is 9.50 Å². The summed E-state index contributed by atoms with van der Waals surface area (Å²) in [7, 11) is 1.68. The van der Waals surface area contributed by atoms with Gasteiger partial charge in [0.05, 0.1) is 11.7 Å². The smallest absolute Gasteiger partial charge is 0.124 e. The fourth-order valence-electron chi connectivity index (χ4n) is 2.67. The van der Waals surface area contributed by atoms with Gasteiger partial charge in [-0.25, -0.2) is 4.39 Å². The van der Waals surface area contributed by atoms with Crippen LogP contribution >= 0.6 is 15.9 Å². The van der Waals surface area contributed by atoms with Gasteiger partial charge in [0.2, 0.25) is 0 Å². The van der Waals surface area contributed by atoms with Crippen molar-refractivity contribution < 1.29 is 14.2 Å². The van der Waals surface area contributed by atoms with E-state index in [1.807, 2.05) is 0 Å². The molecule has 1 aliphatic carbocycles. The lowest BCUT2D eigenvalue weighted by atomic mass is 9.79. The van der Waals surface area contributed by atoms with Crippen LogP contribution in [0.5, 0.6) is 0 Å². The Hall–Kier alpha value is -0.450. The molecular weight excluding hydrogens is 299 g/mol. The normalized spacial score (nSPS) is 28.3. The first-order valence-corrected chi connectivity index (χ1v) is 7.01. The average Bonchev–Trinajstić information content (AvgIpc) is 2.33. The highest BCUT2D eigenvalue weighted by Crippen LogP contribution is 2.34. The van der Waals surface area contributed by atoms with Gasteiger partial charge in [-0.15, -0.1) is 0 Å². The van der Waals surface area contributed by atoms with Gasteiger partial charge in [0, 0.05) is 24.4 Å². The number of ether oxygens (including phenoxy) is 1. The number of benzene rings is 1. The monoisotopic (exact) mass is 316 g/mol. The van der Waals surface area contributed by atoms with Gasteiger partial charge in [0.1, 0.15) is 5.82 Å². The quantitative estimate of drug-likeness (QED) is 0.925. The van der Waals surface area contributed by atoms with Crippen molar-refractivity contribution >= 4 is 15.9 Å². The number of rotatable bonds is 3. The Morgan fingerprint density at radius 2 is 2.33 bits per heavy atom. The molecule has 2 unspecified atom stereocenters. The molecule has 0 amide bonds. The Morgan fingerprint density at radius 3 is 3.00 bits per heavy atom. The fraction of sp³-hybridized carbons (Fsp3) is 0.571. The van der Waals surface area contributed by atoms with Crippen LogP contribution in [0.3, 0.4) is 0 Å². The predicted molar refractivity (Wildman–Crippen MR) is 72.0 cm³/mol. The molecule has 2 atom stereocenters. The summed E-state index contributed by atoms with van der Waals surface area (Å²) < 4.78 is 19.1. The van der Waals surface area contributed by atoms with Crippen LogP contribution in [0.15, 0.2) is 22.7 Å². The summed E-state index contributed by atoms with van der Waals surface area (Å²) >= 11 is 3.35. The van der Waals surface area contributed by atoms with Crippen LogP contribution in [0.4, 0.5) is 4.39 Å². The van der Waals surface area contributed by atoms with E-state index in [2.05, 4.69) is 15.9 Å². The summed E-state index contributed by atoms with van der Waals surface area (Å²) in [4.78, 5) is 0. The van der Waals surface area contributed by atoms with Gasteiger partial charge in [0.25, 0.3) is 0 Å². The van der Waals surface area contributed by atoms with E-state index in [1.165, 1.54) is 12.1 Å². The predicted octanol–water partition coefficient (Wildman–Crippen LogP) is 3.45. The van der Waals surface area contributed by atoms with Crippen LogP contribution in [-0.2, 0) is 11.2 Å². The van der Waals surface area contributed by atoms with Crippen LogP contribution in [0.1, 0.15) is 31.2 Å². The largest absolute Gasteiger partial charge is 0.389 e. The lowest BCUT2D eigenvalue weighted by Gasteiger charge is -2.36. The third kappa shape index (κ3) is 3.31. The molecule has 0 aromatic heterocycles. The highest BCUT2D eigenvalue weighted by atomic mass is 79.9. The third-order valence-corrected chi connectivity index (χ3v) is 4.38. The molecule has 1 aromatic carbocycles. The van der Waals surface area contributed by atoms with Gasteiger partial charge >= 0.3 is 0 Å². The Kier molecular flexibility index (Phi) is 4.41. The molecule has 1 aromatic rings. The van der Waals surface area contributed by atoms with Crippen molar-refractivity contribution in [3.8, 4) is 0 Å². The summed E-state index contributed by atoms with van der Waals surface area (Å²) in [5.41, 5.74) is 0.204. The van der Waals surface area contributed by atoms with Crippen LogP contribution < -0.4 is 0 Å². The molecule has 4 heteroatoms. The summed E-state index contributed by atoms with van der Waals surface area (Å²) in [6.07, 6.45) is 4.05.